The van der Waals surface area contributed by atoms with Crippen LogP contribution in [0.15, 0.2) is 48.8 Å². The third-order valence-corrected chi connectivity index (χ3v) is 3.58. The highest BCUT2D eigenvalue weighted by Crippen LogP contribution is 2.29. The van der Waals surface area contributed by atoms with Gasteiger partial charge in [0.25, 0.3) is 0 Å². The second-order valence-corrected chi connectivity index (χ2v) is 4.79. The molecule has 2 heteroatoms. The molecule has 0 aliphatic heterocycles. The molecule has 0 atom stereocenters. The molecule has 0 saturated heterocycles. The average molecular weight is 213 g/mol. The lowest BCUT2D eigenvalue weighted by molar-refractivity contribution is 1.22. The molecule has 0 N–H and O–H groups in total. The zero-order chi connectivity index (χ0) is 10.3. The van der Waals surface area contributed by atoms with Crippen LogP contribution in [0.1, 0.15) is 5.56 Å². The summed E-state index contributed by atoms with van der Waals surface area (Å²) in [5, 5.41) is 0. The molecule has 0 saturated carbocycles. The van der Waals surface area contributed by atoms with Crippen LogP contribution in [-0.4, -0.2) is 4.40 Å². The highest BCUT2D eigenvalue weighted by atomic mass is 32.1. The van der Waals surface area contributed by atoms with Gasteiger partial charge >= 0.3 is 0 Å². The van der Waals surface area contributed by atoms with Crippen molar-refractivity contribution >= 4 is 16.2 Å². The van der Waals surface area contributed by atoms with Gasteiger partial charge in [0.1, 0.15) is 0 Å². The number of hydrogen-bond donors (Lipinski definition) is 0. The van der Waals surface area contributed by atoms with Crippen LogP contribution in [0.3, 0.4) is 0 Å². The third kappa shape index (κ3) is 1.47. The van der Waals surface area contributed by atoms with Gasteiger partial charge in [0.15, 0.2) is 0 Å². The minimum absolute atomic E-state index is 1.30. The Hall–Kier alpha value is -1.54. The highest BCUT2D eigenvalue weighted by Gasteiger charge is 2.03. The maximum absolute atomic E-state index is 2.22. The van der Waals surface area contributed by atoms with Crippen molar-refractivity contribution in [1.29, 1.82) is 0 Å². The average Bonchev–Trinajstić information content (AvgIpc) is 2.76. The number of nitrogens with zero attached hydrogens (tertiary/aromatic N) is 1. The lowest BCUT2D eigenvalue weighted by Crippen LogP contribution is -1.72. The molecule has 1 nitrogen and oxygen atoms in total. The van der Waals surface area contributed by atoms with Crippen LogP contribution in [-0.2, 0) is 0 Å². The van der Waals surface area contributed by atoms with Gasteiger partial charge < -0.3 is 4.40 Å². The number of thiazole rings is 1. The van der Waals surface area contributed by atoms with Gasteiger partial charge in [-0.1, -0.05) is 30.3 Å². The summed E-state index contributed by atoms with van der Waals surface area (Å²) < 4.78 is 2.20. The lowest BCUT2D eigenvalue weighted by atomic mass is 10.2. The van der Waals surface area contributed by atoms with Gasteiger partial charge in [-0.25, -0.2) is 0 Å². The van der Waals surface area contributed by atoms with Crippen molar-refractivity contribution in [3.05, 3.63) is 54.4 Å². The Kier molecular flexibility index (Phi) is 1.89. The van der Waals surface area contributed by atoms with Crippen molar-refractivity contribution < 1.29 is 0 Å². The molecule has 74 valence electrons. The van der Waals surface area contributed by atoms with Crippen LogP contribution in [0.25, 0.3) is 15.3 Å². The van der Waals surface area contributed by atoms with E-state index in [-0.39, 0.29) is 0 Å². The number of aromatic nitrogens is 1. The van der Waals surface area contributed by atoms with Crippen LogP contribution < -0.4 is 0 Å². The van der Waals surface area contributed by atoms with Crippen molar-refractivity contribution in [2.75, 3.05) is 0 Å². The van der Waals surface area contributed by atoms with Gasteiger partial charge in [0, 0.05) is 12.4 Å². The molecule has 0 spiro atoms. The molecule has 3 aromatic rings. The Morgan fingerprint density at radius 2 is 1.87 bits per heavy atom. The molecule has 15 heavy (non-hydrogen) atoms. The van der Waals surface area contributed by atoms with Gasteiger partial charge in [-0.15, -0.1) is 11.3 Å². The molecule has 2 aromatic heterocycles. The number of hydrogen-bond acceptors (Lipinski definition) is 1. The molecule has 0 unspecified atom stereocenters. The topological polar surface area (TPSA) is 4.41 Å². The molecule has 0 bridgehead atoms. The summed E-state index contributed by atoms with van der Waals surface area (Å²) in [5.41, 5.74) is 2.62. The van der Waals surface area contributed by atoms with Crippen molar-refractivity contribution in [3.8, 4) is 10.4 Å². The van der Waals surface area contributed by atoms with Crippen molar-refractivity contribution in [2.45, 2.75) is 6.92 Å². The molecule has 0 amide bonds. The summed E-state index contributed by atoms with van der Waals surface area (Å²) in [6.45, 7) is 2.13. The first-order valence-electron chi connectivity index (χ1n) is 4.96. The van der Waals surface area contributed by atoms with E-state index in [1.165, 1.54) is 20.8 Å². The fraction of sp³-hybridized carbons (Fsp3) is 0.0769. The first-order chi connectivity index (χ1) is 7.33. The monoisotopic (exact) mass is 213 g/mol. The van der Waals surface area contributed by atoms with E-state index in [9.17, 15) is 0 Å². The molecule has 0 aliphatic carbocycles. The van der Waals surface area contributed by atoms with Gasteiger partial charge in [0.2, 0.25) is 0 Å². The van der Waals surface area contributed by atoms with E-state index in [0.29, 0.717) is 0 Å². The normalized spacial score (nSPS) is 11.0. The largest absolute Gasteiger partial charge is 0.314 e. The summed E-state index contributed by atoms with van der Waals surface area (Å²) in [7, 11) is 0. The Labute approximate surface area is 92.6 Å². The van der Waals surface area contributed by atoms with E-state index in [1.807, 2.05) is 17.4 Å². The summed E-state index contributed by atoms with van der Waals surface area (Å²) in [5.74, 6) is 0. The maximum atomic E-state index is 2.22. The molecule has 0 fully saturated rings. The van der Waals surface area contributed by atoms with Crippen LogP contribution in [0.2, 0.25) is 0 Å². The Bertz CT molecular complexity index is 558. The zero-order valence-corrected chi connectivity index (χ0v) is 9.29. The van der Waals surface area contributed by atoms with Gasteiger partial charge in [-0.2, -0.15) is 0 Å². The van der Waals surface area contributed by atoms with E-state index in [4.69, 9.17) is 0 Å². The first kappa shape index (κ1) is 8.74. The van der Waals surface area contributed by atoms with E-state index in [1.54, 1.807) is 0 Å². The Morgan fingerprint density at radius 1 is 1.07 bits per heavy atom. The number of rotatable bonds is 1. The van der Waals surface area contributed by atoms with Gasteiger partial charge in [0.05, 0.1) is 9.71 Å². The SMILES string of the molecule is Cc1cc2sc(-c3ccccc3)cn2c1. The summed E-state index contributed by atoms with van der Waals surface area (Å²) in [6.07, 6.45) is 4.36. The van der Waals surface area contributed by atoms with Crippen LogP contribution in [0, 0.1) is 6.92 Å². The molecule has 0 radical (unpaired) electrons. The van der Waals surface area contributed by atoms with Crippen LogP contribution in [0.4, 0.5) is 0 Å². The molecule has 2 heterocycles. The molecule has 3 rings (SSSR count). The second kappa shape index (κ2) is 3.24. The third-order valence-electron chi connectivity index (χ3n) is 2.48. The van der Waals surface area contributed by atoms with E-state index in [0.717, 1.165) is 0 Å². The van der Waals surface area contributed by atoms with E-state index < -0.39 is 0 Å². The fourth-order valence-electron chi connectivity index (χ4n) is 1.77. The maximum Gasteiger partial charge on any atom is 0.0999 e. The molecular weight excluding hydrogens is 202 g/mol. The van der Waals surface area contributed by atoms with Crippen LogP contribution in [0.5, 0.6) is 0 Å². The van der Waals surface area contributed by atoms with Crippen molar-refractivity contribution in [1.82, 2.24) is 4.40 Å². The predicted octanol–water partition coefficient (Wildman–Crippen LogP) is 3.98. The van der Waals surface area contributed by atoms with Crippen molar-refractivity contribution in [2.24, 2.45) is 0 Å². The first-order valence-corrected chi connectivity index (χ1v) is 5.78. The van der Waals surface area contributed by atoms with E-state index in [2.05, 4.69) is 54.0 Å². The van der Waals surface area contributed by atoms with Crippen molar-refractivity contribution in [3.63, 3.8) is 0 Å². The smallest absolute Gasteiger partial charge is 0.0999 e. The predicted molar refractivity (Wildman–Crippen MR) is 65.4 cm³/mol. The minimum atomic E-state index is 1.30. The second-order valence-electron chi connectivity index (χ2n) is 3.72. The zero-order valence-electron chi connectivity index (χ0n) is 8.47. The van der Waals surface area contributed by atoms with Crippen LogP contribution >= 0.6 is 11.3 Å². The standard InChI is InChI=1S/C13H11NS/c1-10-7-13-14(8-10)9-12(15-13)11-5-3-2-4-6-11/h2-9H,1H3. The minimum Gasteiger partial charge on any atom is -0.314 e. The lowest BCUT2D eigenvalue weighted by Gasteiger charge is -1.93. The highest BCUT2D eigenvalue weighted by molar-refractivity contribution is 7.20. The summed E-state index contributed by atoms with van der Waals surface area (Å²) >= 11 is 1.83. The molecular formula is C13H11NS. The quantitative estimate of drug-likeness (QED) is 0.576. The number of fused-ring (bicyclic) bond motifs is 1. The Balaban J connectivity index is 2.16. The summed E-state index contributed by atoms with van der Waals surface area (Å²) in [6, 6.07) is 12.7. The number of benzene rings is 1. The number of aryl methyl sites for hydroxylation is 1. The molecule has 0 aliphatic rings. The summed E-state index contributed by atoms with van der Waals surface area (Å²) in [4.78, 5) is 2.64. The Morgan fingerprint density at radius 3 is 2.60 bits per heavy atom. The fourth-order valence-corrected chi connectivity index (χ4v) is 2.87. The van der Waals surface area contributed by atoms with Gasteiger partial charge in [-0.05, 0) is 24.1 Å². The van der Waals surface area contributed by atoms with E-state index >= 15 is 0 Å². The van der Waals surface area contributed by atoms with Gasteiger partial charge in [-0.3, -0.25) is 0 Å². The molecule has 1 aromatic carbocycles.